The fourth-order valence-electron chi connectivity index (χ4n) is 3.91. The van der Waals surface area contributed by atoms with Gasteiger partial charge >= 0.3 is 0 Å². The van der Waals surface area contributed by atoms with E-state index in [1.807, 2.05) is 13.0 Å². The molecule has 1 saturated heterocycles. The quantitative estimate of drug-likeness (QED) is 0.932. The molecule has 2 amide bonds. The van der Waals surface area contributed by atoms with Gasteiger partial charge in [0, 0.05) is 19.5 Å². The van der Waals surface area contributed by atoms with Gasteiger partial charge in [-0.15, -0.1) is 0 Å². The molecule has 23 heavy (non-hydrogen) atoms. The first kappa shape index (κ1) is 16.0. The number of hydrogen-bond donors (Lipinski definition) is 1. The highest BCUT2D eigenvalue weighted by molar-refractivity contribution is 5.89. The van der Waals surface area contributed by atoms with E-state index in [1.54, 1.807) is 4.90 Å². The number of fused-ring (bicyclic) bond motifs is 1. The Morgan fingerprint density at radius 3 is 2.78 bits per heavy atom. The largest absolute Gasteiger partial charge is 0.349 e. The SMILES string of the molecule is CCN1CC(C(=O)NC2CCC(C)(C)c3ccccc32)CC1=O. The number of rotatable bonds is 3. The van der Waals surface area contributed by atoms with E-state index in [2.05, 4.69) is 37.4 Å². The van der Waals surface area contributed by atoms with Crippen LogP contribution in [0.4, 0.5) is 0 Å². The van der Waals surface area contributed by atoms with Crippen LogP contribution >= 0.6 is 0 Å². The molecular formula is C19H26N2O2. The van der Waals surface area contributed by atoms with Crippen LogP contribution in [-0.4, -0.2) is 29.8 Å². The van der Waals surface area contributed by atoms with Crippen LogP contribution < -0.4 is 5.32 Å². The maximum absolute atomic E-state index is 12.6. The maximum atomic E-state index is 12.6. The molecule has 0 saturated carbocycles. The molecule has 0 spiro atoms. The highest BCUT2D eigenvalue weighted by atomic mass is 16.2. The minimum atomic E-state index is -0.204. The predicted octanol–water partition coefficient (Wildman–Crippen LogP) is 2.78. The first-order chi connectivity index (χ1) is 10.9. The Bertz CT molecular complexity index is 624. The highest BCUT2D eigenvalue weighted by Crippen LogP contribution is 2.41. The number of benzene rings is 1. The molecule has 0 radical (unpaired) electrons. The van der Waals surface area contributed by atoms with E-state index < -0.39 is 0 Å². The third-order valence-corrected chi connectivity index (χ3v) is 5.41. The average Bonchev–Trinajstić information content (AvgIpc) is 2.91. The lowest BCUT2D eigenvalue weighted by Gasteiger charge is -2.37. The van der Waals surface area contributed by atoms with Crippen LogP contribution in [0, 0.1) is 5.92 Å². The van der Waals surface area contributed by atoms with Crippen molar-refractivity contribution in [3.8, 4) is 0 Å². The zero-order valence-corrected chi connectivity index (χ0v) is 14.3. The summed E-state index contributed by atoms with van der Waals surface area (Å²) in [7, 11) is 0. The average molecular weight is 314 g/mol. The second-order valence-electron chi connectivity index (χ2n) is 7.40. The molecule has 4 nitrogen and oxygen atoms in total. The molecule has 1 aromatic carbocycles. The molecule has 3 rings (SSSR count). The first-order valence-electron chi connectivity index (χ1n) is 8.60. The molecule has 0 aromatic heterocycles. The summed E-state index contributed by atoms with van der Waals surface area (Å²) in [6.07, 6.45) is 2.35. The molecule has 2 atom stereocenters. The van der Waals surface area contributed by atoms with Crippen molar-refractivity contribution in [1.82, 2.24) is 10.2 Å². The Hall–Kier alpha value is -1.84. The van der Waals surface area contributed by atoms with Crippen molar-refractivity contribution in [3.63, 3.8) is 0 Å². The Morgan fingerprint density at radius 2 is 2.09 bits per heavy atom. The topological polar surface area (TPSA) is 49.4 Å². The summed E-state index contributed by atoms with van der Waals surface area (Å²) in [6.45, 7) is 7.72. The number of hydrogen-bond acceptors (Lipinski definition) is 2. The molecule has 1 aromatic rings. The van der Waals surface area contributed by atoms with Gasteiger partial charge in [-0.3, -0.25) is 9.59 Å². The Balaban J connectivity index is 1.74. The summed E-state index contributed by atoms with van der Waals surface area (Å²) >= 11 is 0. The highest BCUT2D eigenvalue weighted by Gasteiger charge is 2.37. The maximum Gasteiger partial charge on any atom is 0.225 e. The van der Waals surface area contributed by atoms with Gasteiger partial charge in [0.05, 0.1) is 12.0 Å². The third-order valence-electron chi connectivity index (χ3n) is 5.41. The third kappa shape index (κ3) is 2.99. The van der Waals surface area contributed by atoms with E-state index in [4.69, 9.17) is 0 Å². The van der Waals surface area contributed by atoms with Crippen LogP contribution in [0.15, 0.2) is 24.3 Å². The second kappa shape index (κ2) is 5.99. The van der Waals surface area contributed by atoms with Crippen molar-refractivity contribution in [2.75, 3.05) is 13.1 Å². The summed E-state index contributed by atoms with van der Waals surface area (Å²) in [6, 6.07) is 8.47. The minimum Gasteiger partial charge on any atom is -0.349 e. The van der Waals surface area contributed by atoms with Crippen LogP contribution in [0.5, 0.6) is 0 Å². The van der Waals surface area contributed by atoms with E-state index in [1.165, 1.54) is 11.1 Å². The summed E-state index contributed by atoms with van der Waals surface area (Å²) in [5, 5.41) is 3.20. The van der Waals surface area contributed by atoms with Gasteiger partial charge in [-0.25, -0.2) is 0 Å². The van der Waals surface area contributed by atoms with Gasteiger partial charge in [-0.1, -0.05) is 38.1 Å². The number of carbonyl (C=O) groups excluding carboxylic acids is 2. The number of carbonyl (C=O) groups is 2. The molecule has 1 heterocycles. The Labute approximate surface area is 138 Å². The number of amides is 2. The van der Waals surface area contributed by atoms with Gasteiger partial charge in [0.15, 0.2) is 0 Å². The monoisotopic (exact) mass is 314 g/mol. The first-order valence-corrected chi connectivity index (χ1v) is 8.60. The summed E-state index contributed by atoms with van der Waals surface area (Å²) < 4.78 is 0. The van der Waals surface area contributed by atoms with Crippen molar-refractivity contribution in [3.05, 3.63) is 35.4 Å². The van der Waals surface area contributed by atoms with E-state index in [0.29, 0.717) is 19.5 Å². The molecule has 2 unspecified atom stereocenters. The van der Waals surface area contributed by atoms with Gasteiger partial charge in [0.25, 0.3) is 0 Å². The summed E-state index contributed by atoms with van der Waals surface area (Å²) in [5.74, 6) is -0.0869. The smallest absolute Gasteiger partial charge is 0.225 e. The Morgan fingerprint density at radius 1 is 1.35 bits per heavy atom. The summed E-state index contributed by atoms with van der Waals surface area (Å²) in [5.41, 5.74) is 2.71. The van der Waals surface area contributed by atoms with Crippen molar-refractivity contribution in [2.45, 2.75) is 51.5 Å². The molecule has 0 bridgehead atoms. The van der Waals surface area contributed by atoms with Crippen LogP contribution in [-0.2, 0) is 15.0 Å². The summed E-state index contributed by atoms with van der Waals surface area (Å²) in [4.78, 5) is 26.2. The lowest BCUT2D eigenvalue weighted by Crippen LogP contribution is -2.39. The van der Waals surface area contributed by atoms with Gasteiger partial charge in [-0.2, -0.15) is 0 Å². The molecule has 1 aliphatic carbocycles. The number of nitrogens with zero attached hydrogens (tertiary/aromatic N) is 1. The lowest BCUT2D eigenvalue weighted by atomic mass is 9.71. The van der Waals surface area contributed by atoms with Gasteiger partial charge in [0.1, 0.15) is 0 Å². The number of likely N-dealkylation sites (tertiary alicyclic amines) is 1. The zero-order chi connectivity index (χ0) is 16.6. The van der Waals surface area contributed by atoms with E-state index in [9.17, 15) is 9.59 Å². The second-order valence-corrected chi connectivity index (χ2v) is 7.40. The van der Waals surface area contributed by atoms with E-state index >= 15 is 0 Å². The molecule has 1 fully saturated rings. The van der Waals surface area contributed by atoms with Crippen LogP contribution in [0.1, 0.15) is 57.2 Å². The fourth-order valence-corrected chi connectivity index (χ4v) is 3.91. The van der Waals surface area contributed by atoms with Crippen molar-refractivity contribution >= 4 is 11.8 Å². The molecular weight excluding hydrogens is 288 g/mol. The molecule has 4 heteroatoms. The van der Waals surface area contributed by atoms with Crippen molar-refractivity contribution < 1.29 is 9.59 Å². The lowest BCUT2D eigenvalue weighted by molar-refractivity contribution is -0.129. The standard InChI is InChI=1S/C19H26N2O2/c1-4-21-12-13(11-17(21)22)18(23)20-16-9-10-19(2,3)15-8-6-5-7-14(15)16/h5-8,13,16H,4,9-12H2,1-3H3,(H,20,23). The van der Waals surface area contributed by atoms with Crippen LogP contribution in [0.25, 0.3) is 0 Å². The molecule has 1 N–H and O–H groups in total. The zero-order valence-electron chi connectivity index (χ0n) is 14.3. The van der Waals surface area contributed by atoms with Crippen molar-refractivity contribution in [1.29, 1.82) is 0 Å². The molecule has 2 aliphatic rings. The van der Waals surface area contributed by atoms with E-state index in [-0.39, 0.29) is 29.2 Å². The minimum absolute atomic E-state index is 0.0220. The van der Waals surface area contributed by atoms with Crippen LogP contribution in [0.2, 0.25) is 0 Å². The van der Waals surface area contributed by atoms with Gasteiger partial charge in [0.2, 0.25) is 11.8 Å². The molecule has 1 aliphatic heterocycles. The van der Waals surface area contributed by atoms with E-state index in [0.717, 1.165) is 12.8 Å². The predicted molar refractivity (Wildman–Crippen MR) is 89.9 cm³/mol. The normalized spacial score (nSPS) is 26.0. The molecule has 124 valence electrons. The van der Waals surface area contributed by atoms with Gasteiger partial charge in [-0.05, 0) is 36.3 Å². The Kier molecular flexibility index (Phi) is 4.17. The number of nitrogens with one attached hydrogen (secondary N) is 1. The van der Waals surface area contributed by atoms with Crippen molar-refractivity contribution in [2.24, 2.45) is 5.92 Å². The van der Waals surface area contributed by atoms with Crippen LogP contribution in [0.3, 0.4) is 0 Å². The fraction of sp³-hybridized carbons (Fsp3) is 0.579. The van der Waals surface area contributed by atoms with Gasteiger partial charge < -0.3 is 10.2 Å².